The van der Waals surface area contributed by atoms with E-state index in [4.69, 9.17) is 0 Å². The summed E-state index contributed by atoms with van der Waals surface area (Å²) in [5, 5.41) is 2.53. The summed E-state index contributed by atoms with van der Waals surface area (Å²) in [6, 6.07) is 96.3. The van der Waals surface area contributed by atoms with Crippen LogP contribution in [-0.4, -0.2) is 33.3 Å². The second kappa shape index (κ2) is 17.4. The first-order valence-electron chi connectivity index (χ1n) is 25.3. The molecule has 0 radical (unpaired) electrons. The number of para-hydroxylation sites is 7. The third-order valence-electron chi connectivity index (χ3n) is 15.3. The molecule has 74 heavy (non-hydrogen) atoms. The predicted octanol–water partition coefficient (Wildman–Crippen LogP) is 12.7. The van der Waals surface area contributed by atoms with Gasteiger partial charge in [0.05, 0.1) is 0 Å². The molecular weight excluding hydrogens is 981 g/mol. The van der Waals surface area contributed by atoms with E-state index in [2.05, 4.69) is 296 Å². The number of aromatic nitrogens is 1. The van der Waals surface area contributed by atoms with E-state index in [1.54, 1.807) is 0 Å². The topological polar surface area (TPSA) is 14.7 Å². The summed E-state index contributed by atoms with van der Waals surface area (Å²) >= 11 is 4.97. The molecule has 3 aliphatic rings. The zero-order valence-corrected chi connectivity index (χ0v) is 42.8. The summed E-state index contributed by atoms with van der Waals surface area (Å²) in [6.07, 6.45) is 0. The predicted molar refractivity (Wildman–Crippen MR) is 319 cm³/mol. The molecule has 4 heterocycles. The number of nitrogens with zero attached hydrogens (tertiary/aromatic N) is 4. The normalized spacial score (nSPS) is 13.0. The molecule has 0 fully saturated rings. The standard InChI is InChI=1S/C66H44B2N4SSe/c74-65-43-61-56(42-57(65)68-54-38-37-48(39-53(54)52-31-15-20-36-64(52)73-68)72-58-33-17-13-29-50(58)51-30-14-18-34-59(51)72)67-55-32-16-19-35-60(55)70(46-25-9-3-10-26-46)62-40-49(41-63(66(62)67)71(61)47-27-11-4-12-28-47)69(44-21-5-1-6-22-44)45-23-7-2-8-24-45/h1-43,74H. The van der Waals surface area contributed by atoms with Crippen molar-refractivity contribution in [1.29, 1.82) is 0 Å². The molecule has 0 aliphatic carbocycles. The molecule has 0 unspecified atom stereocenters. The minimum absolute atomic E-state index is 0.0360. The van der Waals surface area contributed by atoms with Crippen LogP contribution in [0.3, 0.4) is 0 Å². The summed E-state index contributed by atoms with van der Waals surface area (Å²) in [6.45, 7) is -0.0630. The van der Waals surface area contributed by atoms with Crippen LogP contribution in [0.1, 0.15) is 0 Å². The Kier molecular flexibility index (Phi) is 10.2. The second-order valence-electron chi connectivity index (χ2n) is 19.3. The van der Waals surface area contributed by atoms with E-state index in [0.717, 1.165) is 39.8 Å². The van der Waals surface area contributed by atoms with E-state index >= 15 is 0 Å². The van der Waals surface area contributed by atoms with Gasteiger partial charge in [-0.3, -0.25) is 0 Å². The van der Waals surface area contributed by atoms with Gasteiger partial charge < -0.3 is 0 Å². The molecule has 4 nitrogen and oxygen atoms in total. The van der Waals surface area contributed by atoms with Crippen LogP contribution in [0.5, 0.6) is 0 Å². The van der Waals surface area contributed by atoms with Crippen LogP contribution < -0.4 is 46.5 Å². The molecule has 8 heteroatoms. The summed E-state index contributed by atoms with van der Waals surface area (Å²) in [5.41, 5.74) is 22.9. The van der Waals surface area contributed by atoms with Crippen LogP contribution in [0.25, 0.3) is 38.6 Å². The van der Waals surface area contributed by atoms with Gasteiger partial charge in [-0.05, 0) is 0 Å². The molecular formula is C66H44B2N4SSe. The maximum absolute atomic E-state index is 3.00. The van der Waals surface area contributed by atoms with Crippen molar-refractivity contribution >= 4 is 145 Å². The van der Waals surface area contributed by atoms with Crippen molar-refractivity contribution in [3.05, 3.63) is 261 Å². The summed E-state index contributed by atoms with van der Waals surface area (Å²) in [7, 11) is 0. The van der Waals surface area contributed by atoms with Gasteiger partial charge in [0, 0.05) is 0 Å². The van der Waals surface area contributed by atoms with Gasteiger partial charge in [0.25, 0.3) is 0 Å². The molecule has 0 atom stereocenters. The average Bonchev–Trinajstić information content (AvgIpc) is 3.87. The quantitative estimate of drug-likeness (QED) is 0.148. The molecule has 0 saturated heterocycles. The van der Waals surface area contributed by atoms with Crippen molar-refractivity contribution in [3.63, 3.8) is 0 Å². The Morgan fingerprint density at radius 2 is 0.905 bits per heavy atom. The van der Waals surface area contributed by atoms with E-state index in [-0.39, 0.29) is 12.7 Å². The first-order chi connectivity index (χ1) is 36.7. The van der Waals surface area contributed by atoms with Gasteiger partial charge in [-0.25, -0.2) is 0 Å². The van der Waals surface area contributed by atoms with Gasteiger partial charge in [0.15, 0.2) is 0 Å². The Balaban J connectivity index is 0.976. The van der Waals surface area contributed by atoms with Gasteiger partial charge in [0.2, 0.25) is 0 Å². The molecule has 0 spiro atoms. The first-order valence-corrected chi connectivity index (χ1v) is 27.1. The van der Waals surface area contributed by atoms with Gasteiger partial charge in [-0.2, -0.15) is 0 Å². The Morgan fingerprint density at radius 3 is 1.55 bits per heavy atom. The van der Waals surface area contributed by atoms with Crippen LogP contribution in [0.2, 0.25) is 0 Å². The van der Waals surface area contributed by atoms with Crippen LogP contribution in [0.4, 0.5) is 51.2 Å². The zero-order chi connectivity index (χ0) is 48.9. The van der Waals surface area contributed by atoms with Crippen LogP contribution in [0, 0.1) is 0 Å². The molecule has 1 aromatic heterocycles. The number of benzene rings is 11. The van der Waals surface area contributed by atoms with Crippen molar-refractivity contribution in [1.82, 2.24) is 4.57 Å². The van der Waals surface area contributed by atoms with Crippen molar-refractivity contribution < 1.29 is 0 Å². The molecule has 3 aliphatic heterocycles. The fourth-order valence-electron chi connectivity index (χ4n) is 12.2. The maximum atomic E-state index is 3.00. The average molecular weight is 1030 g/mol. The third kappa shape index (κ3) is 6.72. The molecule has 346 valence electrons. The van der Waals surface area contributed by atoms with E-state index in [0.29, 0.717) is 0 Å². The fraction of sp³-hybridized carbons (Fsp3) is 0. The van der Waals surface area contributed by atoms with Crippen molar-refractivity contribution in [2.75, 3.05) is 14.7 Å². The number of fused-ring (bicyclic) bond motifs is 10. The zero-order valence-electron chi connectivity index (χ0n) is 40.1. The molecule has 12 aromatic rings. The van der Waals surface area contributed by atoms with Crippen molar-refractivity contribution in [2.24, 2.45) is 0 Å². The molecule has 11 aromatic carbocycles. The second-order valence-corrected chi connectivity index (χ2v) is 21.5. The Hall–Kier alpha value is -8.38. The third-order valence-corrected chi connectivity index (χ3v) is 17.5. The number of rotatable bonds is 7. The van der Waals surface area contributed by atoms with Gasteiger partial charge >= 0.3 is 447 Å². The Morgan fingerprint density at radius 1 is 0.365 bits per heavy atom. The SMILES string of the molecule is [SeH]c1cc2c(cc1B1Sc3ccccc3-c3cc(-n4c5ccccc5c5ccccc54)ccc31)B1c3ccccc3N(c3ccccc3)c3cc(N(c4ccccc4)c4ccccc4)cc(c31)N2c1ccccc1. The Labute approximate surface area is 444 Å². The molecule has 0 N–H and O–H groups in total. The molecule has 15 rings (SSSR count). The summed E-state index contributed by atoms with van der Waals surface area (Å²) in [4.78, 5) is 8.74. The van der Waals surface area contributed by atoms with Crippen molar-refractivity contribution in [2.45, 2.75) is 4.90 Å². The molecule has 0 amide bonds. The van der Waals surface area contributed by atoms with Gasteiger partial charge in [-0.1, -0.05) is 0 Å². The molecule has 0 bridgehead atoms. The number of hydrogen-bond acceptors (Lipinski definition) is 4. The van der Waals surface area contributed by atoms with E-state index in [9.17, 15) is 0 Å². The van der Waals surface area contributed by atoms with Crippen LogP contribution in [-0.2, 0) is 0 Å². The van der Waals surface area contributed by atoms with Crippen molar-refractivity contribution in [3.8, 4) is 16.8 Å². The number of anilines is 9. The first kappa shape index (κ1) is 43.2. The van der Waals surface area contributed by atoms with Gasteiger partial charge in [-0.15, -0.1) is 0 Å². The molecule has 0 saturated carbocycles. The van der Waals surface area contributed by atoms with Crippen LogP contribution in [0.15, 0.2) is 266 Å². The van der Waals surface area contributed by atoms with E-state index < -0.39 is 0 Å². The minimum atomic E-state index is -0.0630. The number of hydrogen-bond donors (Lipinski definition) is 0. The van der Waals surface area contributed by atoms with Gasteiger partial charge in [0.1, 0.15) is 0 Å². The van der Waals surface area contributed by atoms with Crippen LogP contribution >= 0.6 is 11.6 Å². The fourth-order valence-corrected chi connectivity index (χ4v) is 14.4. The summed E-state index contributed by atoms with van der Waals surface area (Å²) in [5.74, 6) is 0.0360. The summed E-state index contributed by atoms with van der Waals surface area (Å²) < 4.78 is 3.65. The monoisotopic (exact) mass is 1030 g/mol. The van der Waals surface area contributed by atoms with E-state index in [1.807, 2.05) is 11.6 Å². The van der Waals surface area contributed by atoms with E-state index in [1.165, 1.54) is 86.7 Å². The Bertz CT molecular complexity index is 4080.